The standard InChI is InChI=1S/C46H26O2/c1-2-11-29-23-30(18-17-27(29)9-1)44-33-13-5-7-15-35(33)45(36-16-8-6-14-34(36)44)31-20-21-40-37(24-31)38-25-39-43(26-42(38)47-40)48-41-22-19-28-10-3-4-12-32(28)46(39)41/h1-26H. The maximum absolute atomic E-state index is 6.46. The first kappa shape index (κ1) is 25.8. The highest BCUT2D eigenvalue weighted by Crippen LogP contribution is 2.46. The Balaban J connectivity index is 1.20. The second-order valence-corrected chi connectivity index (χ2v) is 12.8. The van der Waals surface area contributed by atoms with Crippen molar-refractivity contribution in [1.82, 2.24) is 0 Å². The summed E-state index contributed by atoms with van der Waals surface area (Å²) in [5, 5.41) is 14.3. The number of hydrogen-bond acceptors (Lipinski definition) is 2. The Morgan fingerprint density at radius 1 is 0.271 bits per heavy atom. The summed E-state index contributed by atoms with van der Waals surface area (Å²) < 4.78 is 12.8. The van der Waals surface area contributed by atoms with E-state index in [1.54, 1.807) is 0 Å². The van der Waals surface area contributed by atoms with Crippen molar-refractivity contribution in [3.05, 3.63) is 158 Å². The van der Waals surface area contributed by atoms with E-state index in [1.165, 1.54) is 65.3 Å². The van der Waals surface area contributed by atoms with Gasteiger partial charge in [0.1, 0.15) is 22.3 Å². The van der Waals surface area contributed by atoms with Crippen molar-refractivity contribution >= 4 is 87.0 Å². The molecule has 222 valence electrons. The summed E-state index contributed by atoms with van der Waals surface area (Å²) in [6.45, 7) is 0. The largest absolute Gasteiger partial charge is 0.456 e. The van der Waals surface area contributed by atoms with Crippen molar-refractivity contribution in [3.8, 4) is 22.3 Å². The van der Waals surface area contributed by atoms with Gasteiger partial charge in [0.15, 0.2) is 0 Å². The summed E-state index contributed by atoms with van der Waals surface area (Å²) >= 11 is 0. The van der Waals surface area contributed by atoms with E-state index in [9.17, 15) is 0 Å². The van der Waals surface area contributed by atoms with Crippen molar-refractivity contribution < 1.29 is 8.83 Å². The van der Waals surface area contributed by atoms with Crippen LogP contribution in [-0.4, -0.2) is 0 Å². The molecule has 0 unspecified atom stereocenters. The highest BCUT2D eigenvalue weighted by molar-refractivity contribution is 6.24. The number of hydrogen-bond donors (Lipinski definition) is 0. The Bertz CT molecular complexity index is 3060. The zero-order valence-electron chi connectivity index (χ0n) is 25.8. The molecule has 2 aromatic heterocycles. The summed E-state index contributed by atoms with van der Waals surface area (Å²) in [6.07, 6.45) is 0. The fourth-order valence-corrected chi connectivity index (χ4v) is 8.07. The van der Waals surface area contributed by atoms with Crippen LogP contribution in [-0.2, 0) is 0 Å². The molecule has 0 saturated heterocycles. The monoisotopic (exact) mass is 610 g/mol. The lowest BCUT2D eigenvalue weighted by atomic mass is 9.85. The third-order valence-electron chi connectivity index (χ3n) is 10.2. The van der Waals surface area contributed by atoms with Gasteiger partial charge in [0, 0.05) is 27.6 Å². The van der Waals surface area contributed by atoms with Crippen molar-refractivity contribution in [1.29, 1.82) is 0 Å². The Labute approximate surface area is 275 Å². The van der Waals surface area contributed by atoms with Crippen LogP contribution < -0.4 is 0 Å². The molecule has 11 rings (SSSR count). The van der Waals surface area contributed by atoms with Gasteiger partial charge in [0.2, 0.25) is 0 Å². The molecular weight excluding hydrogens is 585 g/mol. The van der Waals surface area contributed by atoms with Crippen LogP contribution in [0.5, 0.6) is 0 Å². The summed E-state index contributed by atoms with van der Waals surface area (Å²) in [5.41, 5.74) is 8.35. The lowest BCUT2D eigenvalue weighted by molar-refractivity contribution is 0.656. The van der Waals surface area contributed by atoms with Gasteiger partial charge in [-0.2, -0.15) is 0 Å². The molecule has 0 saturated carbocycles. The van der Waals surface area contributed by atoms with Crippen LogP contribution in [0.4, 0.5) is 0 Å². The molecule has 0 amide bonds. The molecule has 0 bridgehead atoms. The van der Waals surface area contributed by atoms with Gasteiger partial charge in [0.25, 0.3) is 0 Å². The molecule has 0 aliphatic carbocycles. The van der Waals surface area contributed by atoms with E-state index in [0.717, 1.165) is 43.9 Å². The molecule has 2 heteroatoms. The highest BCUT2D eigenvalue weighted by Gasteiger charge is 2.19. The van der Waals surface area contributed by atoms with Gasteiger partial charge < -0.3 is 8.83 Å². The molecular formula is C46H26O2. The molecule has 0 fully saturated rings. The van der Waals surface area contributed by atoms with E-state index in [-0.39, 0.29) is 0 Å². The minimum absolute atomic E-state index is 0.833. The van der Waals surface area contributed by atoms with E-state index < -0.39 is 0 Å². The predicted octanol–water partition coefficient (Wildman–Crippen LogP) is 13.4. The van der Waals surface area contributed by atoms with Crippen LogP contribution in [0.15, 0.2) is 167 Å². The first-order chi connectivity index (χ1) is 23.8. The third kappa shape index (κ3) is 3.57. The van der Waals surface area contributed by atoms with Gasteiger partial charge in [-0.15, -0.1) is 0 Å². The number of benzene rings is 9. The molecule has 0 N–H and O–H groups in total. The topological polar surface area (TPSA) is 26.3 Å². The van der Waals surface area contributed by atoms with E-state index in [0.29, 0.717) is 0 Å². The summed E-state index contributed by atoms with van der Waals surface area (Å²) in [6, 6.07) is 56.8. The Morgan fingerprint density at radius 3 is 1.50 bits per heavy atom. The van der Waals surface area contributed by atoms with Crippen molar-refractivity contribution in [3.63, 3.8) is 0 Å². The third-order valence-corrected chi connectivity index (χ3v) is 10.2. The SMILES string of the molecule is c1ccc2cc(-c3c4ccccc4c(-c4ccc5oc6cc7oc8ccc9ccccc9c8c7cc6c5c4)c4ccccc34)ccc2c1. The second kappa shape index (κ2) is 9.57. The average Bonchev–Trinajstić information content (AvgIpc) is 3.69. The molecule has 9 aromatic carbocycles. The first-order valence-electron chi connectivity index (χ1n) is 16.4. The lowest BCUT2D eigenvalue weighted by Crippen LogP contribution is -1.91. The van der Waals surface area contributed by atoms with E-state index in [4.69, 9.17) is 8.83 Å². The first-order valence-corrected chi connectivity index (χ1v) is 16.4. The van der Waals surface area contributed by atoms with Gasteiger partial charge in [-0.05, 0) is 95.7 Å². The molecule has 2 nitrogen and oxygen atoms in total. The molecule has 0 atom stereocenters. The van der Waals surface area contributed by atoms with Crippen LogP contribution in [0, 0.1) is 0 Å². The van der Waals surface area contributed by atoms with Crippen molar-refractivity contribution in [2.45, 2.75) is 0 Å². The Morgan fingerprint density at radius 2 is 0.771 bits per heavy atom. The molecule has 0 aliphatic rings. The zero-order chi connectivity index (χ0) is 31.3. The predicted molar refractivity (Wildman–Crippen MR) is 202 cm³/mol. The van der Waals surface area contributed by atoms with Gasteiger partial charge >= 0.3 is 0 Å². The number of furan rings is 2. The van der Waals surface area contributed by atoms with Gasteiger partial charge in [-0.1, -0.05) is 121 Å². The zero-order valence-corrected chi connectivity index (χ0v) is 25.8. The molecule has 0 radical (unpaired) electrons. The minimum atomic E-state index is 0.833. The highest BCUT2D eigenvalue weighted by atomic mass is 16.3. The normalized spacial score (nSPS) is 12.2. The van der Waals surface area contributed by atoms with Crippen LogP contribution in [0.1, 0.15) is 0 Å². The Hall–Kier alpha value is -6.38. The maximum atomic E-state index is 6.46. The van der Waals surface area contributed by atoms with E-state index >= 15 is 0 Å². The molecule has 11 aromatic rings. The van der Waals surface area contributed by atoms with Crippen molar-refractivity contribution in [2.24, 2.45) is 0 Å². The summed E-state index contributed by atoms with van der Waals surface area (Å²) in [4.78, 5) is 0. The number of rotatable bonds is 2. The minimum Gasteiger partial charge on any atom is -0.456 e. The van der Waals surface area contributed by atoms with Crippen LogP contribution >= 0.6 is 0 Å². The Kier molecular flexibility index (Phi) is 5.14. The van der Waals surface area contributed by atoms with Gasteiger partial charge in [0.05, 0.1) is 0 Å². The van der Waals surface area contributed by atoms with Crippen molar-refractivity contribution in [2.75, 3.05) is 0 Å². The van der Waals surface area contributed by atoms with E-state index in [1.807, 2.05) is 0 Å². The quantitative estimate of drug-likeness (QED) is 0.182. The summed E-state index contributed by atoms with van der Waals surface area (Å²) in [7, 11) is 0. The number of fused-ring (bicyclic) bond motifs is 11. The lowest BCUT2D eigenvalue weighted by Gasteiger charge is -2.18. The molecule has 0 aliphatic heterocycles. The molecule has 48 heavy (non-hydrogen) atoms. The fraction of sp³-hybridized carbons (Fsp3) is 0. The smallest absolute Gasteiger partial charge is 0.139 e. The fourth-order valence-electron chi connectivity index (χ4n) is 8.07. The van der Waals surface area contributed by atoms with Crippen LogP contribution in [0.3, 0.4) is 0 Å². The van der Waals surface area contributed by atoms with Crippen LogP contribution in [0.25, 0.3) is 109 Å². The van der Waals surface area contributed by atoms with Gasteiger partial charge in [-0.3, -0.25) is 0 Å². The summed E-state index contributed by atoms with van der Waals surface area (Å²) in [5.74, 6) is 0. The second-order valence-electron chi connectivity index (χ2n) is 12.8. The van der Waals surface area contributed by atoms with Crippen LogP contribution in [0.2, 0.25) is 0 Å². The maximum Gasteiger partial charge on any atom is 0.139 e. The molecule has 2 heterocycles. The van der Waals surface area contributed by atoms with E-state index in [2.05, 4.69) is 158 Å². The van der Waals surface area contributed by atoms with Gasteiger partial charge in [-0.25, -0.2) is 0 Å². The average molecular weight is 611 g/mol. The molecule has 0 spiro atoms.